The monoisotopic (exact) mass is 252 g/mol. The van der Waals surface area contributed by atoms with Gasteiger partial charge in [0.1, 0.15) is 0 Å². The molecule has 0 aliphatic heterocycles. The average Bonchev–Trinajstić information content (AvgIpc) is 2.45. The second-order valence-electron chi connectivity index (χ2n) is 4.18. The predicted molar refractivity (Wildman–Crippen MR) is 75.9 cm³/mol. The molecule has 2 aromatic carbocycles. The summed E-state index contributed by atoms with van der Waals surface area (Å²) in [5.74, 6) is 0. The summed E-state index contributed by atoms with van der Waals surface area (Å²) in [5, 5.41) is 5.53. The maximum Gasteiger partial charge on any atom is 0.294 e. The van der Waals surface area contributed by atoms with Crippen LogP contribution in [0.5, 0.6) is 0 Å². The van der Waals surface area contributed by atoms with Gasteiger partial charge in [-0.1, -0.05) is 18.2 Å². The van der Waals surface area contributed by atoms with Crippen LogP contribution in [0, 0.1) is 0 Å². The first kappa shape index (κ1) is 11.3. The van der Waals surface area contributed by atoms with Crippen LogP contribution in [0.3, 0.4) is 0 Å². The molecule has 0 saturated carbocycles. The van der Waals surface area contributed by atoms with Crippen LogP contribution in [0.4, 0.5) is 11.4 Å². The van der Waals surface area contributed by atoms with E-state index in [4.69, 9.17) is 5.73 Å². The van der Waals surface area contributed by atoms with Crippen molar-refractivity contribution in [3.05, 3.63) is 65.1 Å². The Hall–Kier alpha value is -2.82. The van der Waals surface area contributed by atoms with Crippen LogP contribution >= 0.6 is 0 Å². The van der Waals surface area contributed by atoms with Gasteiger partial charge in [0.25, 0.3) is 5.56 Å². The van der Waals surface area contributed by atoms with E-state index in [0.717, 1.165) is 11.1 Å². The van der Waals surface area contributed by atoms with Crippen molar-refractivity contribution < 1.29 is 0 Å². The van der Waals surface area contributed by atoms with Crippen molar-refractivity contribution in [3.8, 4) is 0 Å². The van der Waals surface area contributed by atoms with E-state index in [0.29, 0.717) is 11.1 Å². The Kier molecular flexibility index (Phi) is 2.64. The van der Waals surface area contributed by atoms with E-state index >= 15 is 0 Å². The Labute approximate surface area is 109 Å². The maximum absolute atomic E-state index is 12.2. The summed E-state index contributed by atoms with van der Waals surface area (Å²) in [6.07, 6.45) is 1.65. The quantitative estimate of drug-likeness (QED) is 0.683. The molecule has 0 spiro atoms. The van der Waals surface area contributed by atoms with Crippen molar-refractivity contribution in [1.29, 1.82) is 0 Å². The molecule has 0 saturated heterocycles. The minimum atomic E-state index is -0.185. The molecule has 1 aromatic heterocycles. The molecule has 0 atom stereocenters. The van der Waals surface area contributed by atoms with Crippen LogP contribution in [-0.2, 0) is 0 Å². The van der Waals surface area contributed by atoms with Gasteiger partial charge in [0, 0.05) is 11.1 Å². The first-order valence-electron chi connectivity index (χ1n) is 5.84. The second kappa shape index (κ2) is 4.45. The molecule has 94 valence electrons. The molecule has 0 unspecified atom stereocenters. The summed E-state index contributed by atoms with van der Waals surface area (Å²) in [5.41, 5.74) is 9.78. The molecule has 5 heteroatoms. The number of rotatable bonds is 2. The smallest absolute Gasteiger partial charge is 0.294 e. The molecule has 0 fully saturated rings. The largest absolute Gasteiger partial charge is 0.399 e. The number of hydrogen-bond donors (Lipinski definition) is 2. The van der Waals surface area contributed by atoms with Gasteiger partial charge in [0.05, 0.1) is 17.3 Å². The van der Waals surface area contributed by atoms with Gasteiger partial charge in [0.15, 0.2) is 0 Å². The summed E-state index contributed by atoms with van der Waals surface area (Å²) < 4.78 is 0. The van der Waals surface area contributed by atoms with Crippen molar-refractivity contribution in [3.63, 3.8) is 0 Å². The lowest BCUT2D eigenvalue weighted by Crippen LogP contribution is -2.28. The number of nitrogens with zero attached hydrogens (tertiary/aromatic N) is 2. The van der Waals surface area contributed by atoms with Gasteiger partial charge in [-0.15, -0.1) is 4.79 Å². The number of nitrogens with one attached hydrogen (secondary N) is 1. The highest BCUT2D eigenvalue weighted by atomic mass is 16.1. The molecule has 0 amide bonds. The molecular weight excluding hydrogens is 240 g/mol. The molecule has 19 heavy (non-hydrogen) atoms. The lowest BCUT2D eigenvalue weighted by molar-refractivity contribution is 0.752. The van der Waals surface area contributed by atoms with E-state index in [1.165, 1.54) is 4.79 Å². The Balaban J connectivity index is 2.04. The van der Waals surface area contributed by atoms with Gasteiger partial charge >= 0.3 is 0 Å². The SMILES string of the molecule is Nc1ccc(Nn2ncc3ccccc3c2=O)cc1. The lowest BCUT2D eigenvalue weighted by Gasteiger charge is -2.08. The van der Waals surface area contributed by atoms with E-state index in [2.05, 4.69) is 10.5 Å². The third-order valence-electron chi connectivity index (χ3n) is 2.84. The standard InChI is InChI=1S/C14H12N4O/c15-11-5-7-12(8-6-11)17-18-14(19)13-4-2-1-3-10(13)9-16-18/h1-9,17H,15H2. The Morgan fingerprint density at radius 1 is 1.05 bits per heavy atom. The van der Waals surface area contributed by atoms with E-state index in [9.17, 15) is 4.79 Å². The minimum Gasteiger partial charge on any atom is -0.399 e. The van der Waals surface area contributed by atoms with Crippen LogP contribution in [-0.4, -0.2) is 9.89 Å². The molecule has 0 radical (unpaired) electrons. The summed E-state index contributed by atoms with van der Waals surface area (Å²) in [7, 11) is 0. The van der Waals surface area contributed by atoms with E-state index in [-0.39, 0.29) is 5.56 Å². The van der Waals surface area contributed by atoms with Crippen molar-refractivity contribution in [2.24, 2.45) is 0 Å². The number of nitrogen functional groups attached to an aromatic ring is 1. The van der Waals surface area contributed by atoms with Crippen LogP contribution in [0.2, 0.25) is 0 Å². The molecule has 0 bridgehead atoms. The molecule has 0 aliphatic carbocycles. The van der Waals surface area contributed by atoms with Crippen molar-refractivity contribution >= 4 is 22.1 Å². The molecule has 0 aliphatic rings. The summed E-state index contributed by atoms with van der Waals surface area (Å²) in [4.78, 5) is 13.4. The normalized spacial score (nSPS) is 10.5. The molecule has 1 heterocycles. The van der Waals surface area contributed by atoms with Gasteiger partial charge in [-0.05, 0) is 30.3 Å². The number of anilines is 2. The van der Waals surface area contributed by atoms with E-state index in [1.54, 1.807) is 36.5 Å². The summed E-state index contributed by atoms with van der Waals surface area (Å²) in [6.45, 7) is 0. The zero-order chi connectivity index (χ0) is 13.2. The first-order valence-corrected chi connectivity index (χ1v) is 5.84. The highest BCUT2D eigenvalue weighted by Crippen LogP contribution is 2.11. The van der Waals surface area contributed by atoms with Crippen LogP contribution in [0.25, 0.3) is 10.8 Å². The fourth-order valence-corrected chi connectivity index (χ4v) is 1.85. The summed E-state index contributed by atoms with van der Waals surface area (Å²) in [6, 6.07) is 14.4. The molecular formula is C14H12N4O. The second-order valence-corrected chi connectivity index (χ2v) is 4.18. The van der Waals surface area contributed by atoms with Gasteiger partial charge in [-0.2, -0.15) is 5.10 Å². The average molecular weight is 252 g/mol. The van der Waals surface area contributed by atoms with Gasteiger partial charge in [-0.25, -0.2) is 0 Å². The number of aromatic nitrogens is 2. The lowest BCUT2D eigenvalue weighted by atomic mass is 10.2. The summed E-state index contributed by atoms with van der Waals surface area (Å²) >= 11 is 0. The maximum atomic E-state index is 12.2. The third kappa shape index (κ3) is 2.13. The van der Waals surface area contributed by atoms with Crippen LogP contribution in [0.15, 0.2) is 59.5 Å². The van der Waals surface area contributed by atoms with Crippen molar-refractivity contribution in [2.45, 2.75) is 0 Å². The number of benzene rings is 2. The minimum absolute atomic E-state index is 0.185. The Morgan fingerprint density at radius 2 is 1.79 bits per heavy atom. The van der Waals surface area contributed by atoms with Gasteiger partial charge in [0.2, 0.25) is 0 Å². The molecule has 3 rings (SSSR count). The van der Waals surface area contributed by atoms with Crippen LogP contribution in [0.1, 0.15) is 0 Å². The first-order chi connectivity index (χ1) is 9.24. The van der Waals surface area contributed by atoms with Crippen molar-refractivity contribution in [2.75, 3.05) is 11.2 Å². The molecule has 3 N–H and O–H groups in total. The number of nitrogens with two attached hydrogens (primary N) is 1. The topological polar surface area (TPSA) is 72.9 Å². The van der Waals surface area contributed by atoms with Gasteiger partial charge < -0.3 is 5.73 Å². The Morgan fingerprint density at radius 3 is 2.58 bits per heavy atom. The number of hydrogen-bond acceptors (Lipinski definition) is 4. The van der Waals surface area contributed by atoms with Gasteiger partial charge in [-0.3, -0.25) is 10.2 Å². The molecule has 3 aromatic rings. The zero-order valence-electron chi connectivity index (χ0n) is 10.1. The third-order valence-corrected chi connectivity index (χ3v) is 2.84. The fourth-order valence-electron chi connectivity index (χ4n) is 1.85. The molecule has 5 nitrogen and oxygen atoms in total. The van der Waals surface area contributed by atoms with Crippen LogP contribution < -0.4 is 16.7 Å². The fraction of sp³-hybridized carbons (Fsp3) is 0. The highest BCUT2D eigenvalue weighted by molar-refractivity contribution is 5.80. The highest BCUT2D eigenvalue weighted by Gasteiger charge is 2.03. The predicted octanol–water partition coefficient (Wildman–Crippen LogP) is 1.85. The van der Waals surface area contributed by atoms with Crippen molar-refractivity contribution in [1.82, 2.24) is 9.89 Å². The van der Waals surface area contributed by atoms with E-state index < -0.39 is 0 Å². The van der Waals surface area contributed by atoms with E-state index in [1.807, 2.05) is 18.2 Å². The Bertz CT molecular complexity index is 777. The zero-order valence-corrected chi connectivity index (χ0v) is 10.1. The number of fused-ring (bicyclic) bond motifs is 1.